The monoisotopic (exact) mass is 232 g/mol. The van der Waals surface area contributed by atoms with E-state index in [0.29, 0.717) is 5.92 Å². The second kappa shape index (κ2) is 5.82. The van der Waals surface area contributed by atoms with Crippen molar-refractivity contribution < 1.29 is 4.79 Å². The molecule has 1 amide bonds. The minimum Gasteiger partial charge on any atom is -0.368 e. The lowest BCUT2D eigenvalue weighted by atomic mass is 10.0. The second-order valence-electron chi connectivity index (χ2n) is 4.80. The lowest BCUT2D eigenvalue weighted by Crippen LogP contribution is -2.36. The lowest BCUT2D eigenvalue weighted by molar-refractivity contribution is -0.120. The van der Waals surface area contributed by atoms with E-state index in [2.05, 4.69) is 5.32 Å². The van der Waals surface area contributed by atoms with Crippen LogP contribution in [-0.2, 0) is 4.79 Å². The third-order valence-corrected chi connectivity index (χ3v) is 3.50. The van der Waals surface area contributed by atoms with Crippen molar-refractivity contribution in [3.63, 3.8) is 0 Å². The van der Waals surface area contributed by atoms with Crippen LogP contribution in [-0.4, -0.2) is 12.5 Å². The molecule has 0 heterocycles. The fourth-order valence-electron chi connectivity index (χ4n) is 2.53. The maximum atomic E-state index is 11.5. The first-order chi connectivity index (χ1) is 8.27. The van der Waals surface area contributed by atoms with Gasteiger partial charge in [-0.25, -0.2) is 0 Å². The minimum absolute atomic E-state index is 0.297. The van der Waals surface area contributed by atoms with Crippen molar-refractivity contribution in [3.05, 3.63) is 35.9 Å². The molecule has 1 aliphatic carbocycles. The molecule has 1 fully saturated rings. The van der Waals surface area contributed by atoms with Crippen LogP contribution in [0.4, 0.5) is 0 Å². The van der Waals surface area contributed by atoms with Crippen LogP contribution in [0.15, 0.2) is 30.3 Å². The highest BCUT2D eigenvalue weighted by molar-refractivity contribution is 5.81. The van der Waals surface area contributed by atoms with Gasteiger partial charge >= 0.3 is 0 Å². The Balaban J connectivity index is 1.95. The van der Waals surface area contributed by atoms with Crippen LogP contribution < -0.4 is 11.1 Å². The zero-order valence-corrected chi connectivity index (χ0v) is 10.1. The lowest BCUT2D eigenvalue weighted by Gasteiger charge is -2.18. The van der Waals surface area contributed by atoms with Gasteiger partial charge in [-0.3, -0.25) is 4.79 Å². The molecule has 0 radical (unpaired) electrons. The first-order valence-corrected chi connectivity index (χ1v) is 6.35. The molecule has 0 aliphatic heterocycles. The van der Waals surface area contributed by atoms with E-state index in [1.54, 1.807) is 0 Å². The summed E-state index contributed by atoms with van der Waals surface area (Å²) in [5, 5.41) is 3.30. The average molecular weight is 232 g/mol. The van der Waals surface area contributed by atoms with Crippen LogP contribution in [0.25, 0.3) is 0 Å². The van der Waals surface area contributed by atoms with Gasteiger partial charge in [0.15, 0.2) is 0 Å². The molecule has 0 saturated heterocycles. The number of nitrogens with one attached hydrogen (secondary N) is 1. The molecule has 0 bridgehead atoms. The predicted molar refractivity (Wildman–Crippen MR) is 68.3 cm³/mol. The Morgan fingerprint density at radius 1 is 1.29 bits per heavy atom. The van der Waals surface area contributed by atoms with Crippen molar-refractivity contribution in [2.45, 2.75) is 31.7 Å². The number of benzene rings is 1. The topological polar surface area (TPSA) is 55.1 Å². The summed E-state index contributed by atoms with van der Waals surface area (Å²) in [5.74, 6) is 0.412. The van der Waals surface area contributed by atoms with Crippen LogP contribution >= 0.6 is 0 Å². The molecular formula is C14H20N2O. The summed E-state index contributed by atoms with van der Waals surface area (Å²) >= 11 is 0. The van der Waals surface area contributed by atoms with Crippen molar-refractivity contribution in [3.8, 4) is 0 Å². The van der Waals surface area contributed by atoms with Crippen molar-refractivity contribution in [1.29, 1.82) is 0 Å². The minimum atomic E-state index is -0.350. The maximum Gasteiger partial charge on any atom is 0.239 e. The number of hydrogen-bond donors (Lipinski definition) is 2. The van der Waals surface area contributed by atoms with Gasteiger partial charge in [0.25, 0.3) is 0 Å². The molecule has 3 heteroatoms. The Kier molecular flexibility index (Phi) is 4.15. The van der Waals surface area contributed by atoms with E-state index < -0.39 is 0 Å². The van der Waals surface area contributed by atoms with Gasteiger partial charge < -0.3 is 11.1 Å². The second-order valence-corrected chi connectivity index (χ2v) is 4.80. The molecule has 1 atom stereocenters. The van der Waals surface area contributed by atoms with Crippen LogP contribution in [0.3, 0.4) is 0 Å². The zero-order valence-electron chi connectivity index (χ0n) is 10.1. The summed E-state index contributed by atoms with van der Waals surface area (Å²) in [6, 6.07) is 9.34. The molecule has 0 spiro atoms. The van der Waals surface area contributed by atoms with E-state index in [1.807, 2.05) is 30.3 Å². The number of hydrogen-bond acceptors (Lipinski definition) is 2. The Bertz CT molecular complexity index is 358. The largest absolute Gasteiger partial charge is 0.368 e. The Hall–Kier alpha value is -1.35. The van der Waals surface area contributed by atoms with E-state index in [-0.39, 0.29) is 11.9 Å². The van der Waals surface area contributed by atoms with E-state index in [0.717, 1.165) is 12.1 Å². The number of carbonyl (C=O) groups is 1. The van der Waals surface area contributed by atoms with Gasteiger partial charge in [0, 0.05) is 0 Å². The summed E-state index contributed by atoms with van der Waals surface area (Å²) < 4.78 is 0. The molecule has 1 aromatic rings. The van der Waals surface area contributed by atoms with Crippen molar-refractivity contribution in [2.75, 3.05) is 6.54 Å². The molecular weight excluding hydrogens is 212 g/mol. The van der Waals surface area contributed by atoms with E-state index >= 15 is 0 Å². The SMILES string of the molecule is NC(=O)C(NCC1CCCC1)c1ccccc1. The Morgan fingerprint density at radius 3 is 2.53 bits per heavy atom. The molecule has 1 saturated carbocycles. The van der Waals surface area contributed by atoms with E-state index in [1.165, 1.54) is 25.7 Å². The third kappa shape index (κ3) is 3.30. The third-order valence-electron chi connectivity index (χ3n) is 3.50. The fraction of sp³-hybridized carbons (Fsp3) is 0.500. The van der Waals surface area contributed by atoms with Crippen molar-refractivity contribution >= 4 is 5.91 Å². The average Bonchev–Trinajstić information content (AvgIpc) is 2.83. The first kappa shape index (κ1) is 12.1. The Morgan fingerprint density at radius 2 is 1.94 bits per heavy atom. The molecule has 1 aromatic carbocycles. The van der Waals surface area contributed by atoms with Crippen molar-refractivity contribution in [2.24, 2.45) is 11.7 Å². The van der Waals surface area contributed by atoms with Gasteiger partial charge in [-0.05, 0) is 30.9 Å². The summed E-state index contributed by atoms with van der Waals surface area (Å²) in [5.41, 5.74) is 6.41. The number of amides is 1. The maximum absolute atomic E-state index is 11.5. The highest BCUT2D eigenvalue weighted by Crippen LogP contribution is 2.24. The highest BCUT2D eigenvalue weighted by atomic mass is 16.1. The number of carbonyl (C=O) groups excluding carboxylic acids is 1. The quantitative estimate of drug-likeness (QED) is 0.815. The van der Waals surface area contributed by atoms with Crippen LogP contribution in [0, 0.1) is 5.92 Å². The molecule has 17 heavy (non-hydrogen) atoms. The van der Waals surface area contributed by atoms with Gasteiger partial charge in [0.1, 0.15) is 6.04 Å². The summed E-state index contributed by atoms with van der Waals surface area (Å²) in [6.45, 7) is 0.891. The normalized spacial score (nSPS) is 18.1. The van der Waals surface area contributed by atoms with Crippen LogP contribution in [0.2, 0.25) is 0 Å². The van der Waals surface area contributed by atoms with Gasteiger partial charge in [0.2, 0.25) is 5.91 Å². The standard InChI is InChI=1S/C14H20N2O/c15-14(17)13(12-8-2-1-3-9-12)16-10-11-6-4-5-7-11/h1-3,8-9,11,13,16H,4-7,10H2,(H2,15,17). The summed E-state index contributed by atoms with van der Waals surface area (Å²) in [4.78, 5) is 11.5. The molecule has 0 aromatic heterocycles. The molecule has 1 unspecified atom stereocenters. The fourth-order valence-corrected chi connectivity index (χ4v) is 2.53. The van der Waals surface area contributed by atoms with Crippen LogP contribution in [0.1, 0.15) is 37.3 Å². The molecule has 3 nitrogen and oxygen atoms in total. The van der Waals surface area contributed by atoms with Gasteiger partial charge in [0.05, 0.1) is 0 Å². The predicted octanol–water partition coefficient (Wildman–Crippen LogP) is 1.99. The number of rotatable bonds is 5. The number of primary amides is 1. The zero-order chi connectivity index (χ0) is 12.1. The molecule has 3 N–H and O–H groups in total. The van der Waals surface area contributed by atoms with Crippen molar-refractivity contribution in [1.82, 2.24) is 5.32 Å². The summed E-state index contributed by atoms with van der Waals surface area (Å²) in [6.07, 6.45) is 5.18. The summed E-state index contributed by atoms with van der Waals surface area (Å²) in [7, 11) is 0. The van der Waals surface area contributed by atoms with Gasteiger partial charge in [-0.15, -0.1) is 0 Å². The Labute approximate surface area is 102 Å². The molecule has 92 valence electrons. The van der Waals surface area contributed by atoms with Crippen LogP contribution in [0.5, 0.6) is 0 Å². The number of nitrogens with two attached hydrogens (primary N) is 1. The molecule has 1 aliphatic rings. The van der Waals surface area contributed by atoms with E-state index in [9.17, 15) is 4.79 Å². The smallest absolute Gasteiger partial charge is 0.239 e. The van der Waals surface area contributed by atoms with E-state index in [4.69, 9.17) is 5.73 Å². The molecule has 2 rings (SSSR count). The van der Waals surface area contributed by atoms with Gasteiger partial charge in [-0.1, -0.05) is 43.2 Å². The highest BCUT2D eigenvalue weighted by Gasteiger charge is 2.20. The van der Waals surface area contributed by atoms with Gasteiger partial charge in [-0.2, -0.15) is 0 Å². The first-order valence-electron chi connectivity index (χ1n) is 6.35.